The fourth-order valence-corrected chi connectivity index (χ4v) is 1.68. The molecule has 1 atom stereocenters. The molecule has 0 spiro atoms. The maximum Gasteiger partial charge on any atom is 0.421 e. The molecule has 0 aliphatic rings. The Morgan fingerprint density at radius 3 is 2.45 bits per heavy atom. The summed E-state index contributed by atoms with van der Waals surface area (Å²) >= 11 is 0. The molecule has 6 nitrogen and oxygen atoms in total. The van der Waals surface area contributed by atoms with E-state index in [2.05, 4.69) is 10.2 Å². The van der Waals surface area contributed by atoms with E-state index in [0.717, 1.165) is 19.2 Å². The van der Waals surface area contributed by atoms with Crippen molar-refractivity contribution < 1.29 is 32.2 Å². The van der Waals surface area contributed by atoms with Crippen LogP contribution in [0.15, 0.2) is 24.3 Å². The Morgan fingerprint density at radius 2 is 1.91 bits per heavy atom. The van der Waals surface area contributed by atoms with Gasteiger partial charge in [0.05, 0.1) is 19.3 Å². The predicted octanol–water partition coefficient (Wildman–Crippen LogP) is 2.17. The van der Waals surface area contributed by atoms with E-state index in [-0.39, 0.29) is 12.2 Å². The summed E-state index contributed by atoms with van der Waals surface area (Å²) in [7, 11) is 1.07. The topological polar surface area (TPSA) is 76.7 Å². The van der Waals surface area contributed by atoms with Crippen molar-refractivity contribution in [1.29, 1.82) is 0 Å². The number of benzene rings is 1. The van der Waals surface area contributed by atoms with Gasteiger partial charge >= 0.3 is 18.2 Å². The van der Waals surface area contributed by atoms with E-state index in [1.807, 2.05) is 5.43 Å². The van der Waals surface area contributed by atoms with Gasteiger partial charge in [-0.1, -0.05) is 18.2 Å². The highest BCUT2D eigenvalue weighted by atomic mass is 19.4. The van der Waals surface area contributed by atoms with E-state index < -0.39 is 29.8 Å². The molecule has 0 aromatic heterocycles. The van der Waals surface area contributed by atoms with Crippen LogP contribution in [0.5, 0.6) is 0 Å². The van der Waals surface area contributed by atoms with Gasteiger partial charge in [-0.15, -0.1) is 0 Å². The molecule has 0 saturated heterocycles. The summed E-state index contributed by atoms with van der Waals surface area (Å²) in [6, 6.07) is 2.97. The molecule has 1 unspecified atom stereocenters. The number of methoxy groups -OCH3 is 1. The lowest BCUT2D eigenvalue weighted by molar-refractivity contribution is -0.147. The predicted molar refractivity (Wildman–Crippen MR) is 69.5 cm³/mol. The summed E-state index contributed by atoms with van der Waals surface area (Å²) in [6.07, 6.45) is -5.62. The molecule has 0 heterocycles. The molecule has 1 aromatic rings. The Hall–Kier alpha value is -2.29. The molecular weight excluding hydrogens is 305 g/mol. The first-order chi connectivity index (χ1) is 10.3. The van der Waals surface area contributed by atoms with Gasteiger partial charge < -0.3 is 9.47 Å². The molecular formula is C13H15F3N2O4. The first-order valence-corrected chi connectivity index (χ1v) is 6.23. The molecule has 0 aliphatic carbocycles. The van der Waals surface area contributed by atoms with E-state index >= 15 is 0 Å². The summed E-state index contributed by atoms with van der Waals surface area (Å²) < 4.78 is 48.1. The number of carbonyl (C=O) groups excluding carboxylic acids is 2. The smallest absolute Gasteiger partial charge is 0.421 e. The summed E-state index contributed by atoms with van der Waals surface area (Å²) in [5.41, 5.74) is 2.78. The highest BCUT2D eigenvalue weighted by Crippen LogP contribution is 2.34. The van der Waals surface area contributed by atoms with Crippen molar-refractivity contribution in [3.8, 4) is 0 Å². The lowest BCUT2D eigenvalue weighted by Gasteiger charge is -2.21. The molecule has 1 amide bonds. The average Bonchev–Trinajstić information content (AvgIpc) is 2.47. The lowest BCUT2D eigenvalue weighted by Crippen LogP contribution is -2.44. The van der Waals surface area contributed by atoms with Crippen LogP contribution in [0, 0.1) is 0 Å². The zero-order valence-electron chi connectivity index (χ0n) is 11.9. The highest BCUT2D eigenvalue weighted by molar-refractivity contribution is 5.79. The van der Waals surface area contributed by atoms with Crippen LogP contribution < -0.4 is 10.9 Å². The number of rotatable bonds is 5. The molecule has 122 valence electrons. The second-order valence-electron chi connectivity index (χ2n) is 4.03. The van der Waals surface area contributed by atoms with E-state index in [1.165, 1.54) is 19.1 Å². The van der Waals surface area contributed by atoms with E-state index in [9.17, 15) is 22.8 Å². The highest BCUT2D eigenvalue weighted by Gasteiger charge is 2.37. The Labute approximate surface area is 124 Å². The van der Waals surface area contributed by atoms with Crippen molar-refractivity contribution in [1.82, 2.24) is 10.9 Å². The van der Waals surface area contributed by atoms with Gasteiger partial charge in [-0.05, 0) is 18.6 Å². The minimum Gasteiger partial charge on any atom is -0.465 e. The lowest BCUT2D eigenvalue weighted by atomic mass is 10.0. The molecule has 0 bridgehead atoms. The number of hydrogen-bond acceptors (Lipinski definition) is 5. The first kappa shape index (κ1) is 17.8. The van der Waals surface area contributed by atoms with Crippen LogP contribution in [0.1, 0.15) is 24.1 Å². The van der Waals surface area contributed by atoms with Crippen molar-refractivity contribution in [2.45, 2.75) is 19.1 Å². The Bertz CT molecular complexity index is 534. The van der Waals surface area contributed by atoms with Gasteiger partial charge in [0.1, 0.15) is 6.04 Å². The van der Waals surface area contributed by atoms with Crippen molar-refractivity contribution in [2.24, 2.45) is 0 Å². The van der Waals surface area contributed by atoms with Crippen molar-refractivity contribution in [2.75, 3.05) is 13.7 Å². The van der Waals surface area contributed by atoms with Gasteiger partial charge in [-0.25, -0.2) is 15.0 Å². The van der Waals surface area contributed by atoms with E-state index in [4.69, 9.17) is 4.74 Å². The molecule has 9 heteroatoms. The van der Waals surface area contributed by atoms with Crippen molar-refractivity contribution in [3.63, 3.8) is 0 Å². The first-order valence-electron chi connectivity index (χ1n) is 6.23. The minimum absolute atomic E-state index is 0.0244. The maximum absolute atomic E-state index is 13.0. The third-order valence-corrected chi connectivity index (χ3v) is 2.60. The summed E-state index contributed by atoms with van der Waals surface area (Å²) in [5.74, 6) is -0.962. The quantitative estimate of drug-likeness (QED) is 0.642. The van der Waals surface area contributed by atoms with Gasteiger partial charge in [0, 0.05) is 0 Å². The number of halogens is 3. The normalized spacial score (nSPS) is 12.4. The summed E-state index contributed by atoms with van der Waals surface area (Å²) in [6.45, 7) is 1.49. The van der Waals surface area contributed by atoms with Gasteiger partial charge in [-0.3, -0.25) is 5.43 Å². The van der Waals surface area contributed by atoms with Crippen LogP contribution in [-0.2, 0) is 20.4 Å². The van der Waals surface area contributed by atoms with Crippen LogP contribution in [0.3, 0.4) is 0 Å². The zero-order valence-corrected chi connectivity index (χ0v) is 11.9. The Morgan fingerprint density at radius 1 is 1.27 bits per heavy atom. The average molecular weight is 320 g/mol. The molecule has 1 aromatic carbocycles. The fourth-order valence-electron chi connectivity index (χ4n) is 1.68. The number of amides is 1. The number of hydrazine groups is 1. The molecule has 2 N–H and O–H groups in total. The van der Waals surface area contributed by atoms with E-state index in [0.29, 0.717) is 0 Å². The molecule has 0 saturated carbocycles. The Kier molecular flexibility index (Phi) is 6.17. The largest absolute Gasteiger partial charge is 0.465 e. The van der Waals surface area contributed by atoms with Crippen LogP contribution in [-0.4, -0.2) is 25.8 Å². The Balaban J connectivity index is 3.15. The number of hydrogen-bond donors (Lipinski definition) is 2. The van der Waals surface area contributed by atoms with Gasteiger partial charge in [-0.2, -0.15) is 13.2 Å². The molecule has 1 rings (SSSR count). The fraction of sp³-hybridized carbons (Fsp3) is 0.385. The SMILES string of the molecule is CCOC(=O)C(NNC(=O)OC)c1ccccc1C(F)(F)F. The third kappa shape index (κ3) is 4.62. The number of nitrogens with one attached hydrogen (secondary N) is 2. The standard InChI is InChI=1S/C13H15F3N2O4/c1-3-22-11(19)10(17-18-12(20)21-2)8-6-4-5-7-9(8)13(14,15)16/h4-7,10,17H,3H2,1-2H3,(H,18,20). The maximum atomic E-state index is 13.0. The minimum atomic E-state index is -4.66. The number of ether oxygens (including phenoxy) is 2. The van der Waals surface area contributed by atoms with Crippen LogP contribution >= 0.6 is 0 Å². The third-order valence-electron chi connectivity index (χ3n) is 2.60. The zero-order chi connectivity index (χ0) is 16.8. The van der Waals surface area contributed by atoms with Crippen LogP contribution in [0.25, 0.3) is 0 Å². The van der Waals surface area contributed by atoms with Gasteiger partial charge in [0.25, 0.3) is 0 Å². The molecule has 0 radical (unpaired) electrons. The monoisotopic (exact) mass is 320 g/mol. The molecule has 0 fully saturated rings. The van der Waals surface area contributed by atoms with Gasteiger partial charge in [0.2, 0.25) is 0 Å². The van der Waals surface area contributed by atoms with Crippen LogP contribution in [0.4, 0.5) is 18.0 Å². The number of carbonyl (C=O) groups is 2. The number of alkyl halides is 3. The number of esters is 1. The van der Waals surface area contributed by atoms with Crippen molar-refractivity contribution >= 4 is 12.1 Å². The van der Waals surface area contributed by atoms with Crippen LogP contribution in [0.2, 0.25) is 0 Å². The second kappa shape index (κ2) is 7.64. The van der Waals surface area contributed by atoms with E-state index in [1.54, 1.807) is 0 Å². The van der Waals surface area contributed by atoms with Gasteiger partial charge in [0.15, 0.2) is 0 Å². The summed E-state index contributed by atoms with van der Waals surface area (Å²) in [4.78, 5) is 22.9. The van der Waals surface area contributed by atoms with Crippen molar-refractivity contribution in [3.05, 3.63) is 35.4 Å². The summed E-state index contributed by atoms with van der Waals surface area (Å²) in [5, 5.41) is 0. The molecule has 22 heavy (non-hydrogen) atoms. The second-order valence-corrected chi connectivity index (χ2v) is 4.03. The molecule has 0 aliphatic heterocycles.